The fourth-order valence-corrected chi connectivity index (χ4v) is 2.19. The van der Waals surface area contributed by atoms with E-state index < -0.39 is 0 Å². The number of thiophene rings is 1. The largest absolute Gasteiger partial charge is 0.464 e. The van der Waals surface area contributed by atoms with Crippen LogP contribution in [-0.2, 0) is 4.74 Å². The minimum absolute atomic E-state index is 0.318. The van der Waals surface area contributed by atoms with E-state index in [2.05, 4.69) is 9.72 Å². The van der Waals surface area contributed by atoms with E-state index in [1.165, 1.54) is 12.0 Å². The Morgan fingerprint density at radius 2 is 2.31 bits per heavy atom. The fraction of sp³-hybridized carbons (Fsp3) is 0.222. The van der Waals surface area contributed by atoms with Gasteiger partial charge in [-0.3, -0.25) is 0 Å². The normalized spacial score (nSPS) is 10.6. The Labute approximate surface area is 79.3 Å². The average Bonchev–Trinajstić information content (AvgIpc) is 2.59. The van der Waals surface area contributed by atoms with Crippen molar-refractivity contribution in [2.24, 2.45) is 0 Å². The van der Waals surface area contributed by atoms with Crippen molar-refractivity contribution in [2.75, 3.05) is 7.11 Å². The molecule has 0 aliphatic rings. The number of H-pyrrole nitrogens is 1. The van der Waals surface area contributed by atoms with Crippen LogP contribution in [0.4, 0.5) is 0 Å². The predicted molar refractivity (Wildman–Crippen MR) is 52.3 cm³/mol. The molecule has 0 saturated carbocycles. The van der Waals surface area contributed by atoms with Crippen molar-refractivity contribution >= 4 is 27.5 Å². The van der Waals surface area contributed by atoms with Crippen LogP contribution in [0.15, 0.2) is 12.1 Å². The molecule has 68 valence electrons. The third-order valence-electron chi connectivity index (χ3n) is 1.83. The Bertz CT molecular complexity index is 424. The van der Waals surface area contributed by atoms with Gasteiger partial charge in [0.25, 0.3) is 0 Å². The van der Waals surface area contributed by atoms with Crippen molar-refractivity contribution in [1.29, 1.82) is 0 Å². The molecule has 3 nitrogen and oxygen atoms in total. The summed E-state index contributed by atoms with van der Waals surface area (Å²) < 4.78 is 5.70. The van der Waals surface area contributed by atoms with E-state index in [-0.39, 0.29) is 5.97 Å². The van der Waals surface area contributed by atoms with Gasteiger partial charge in [-0.1, -0.05) is 0 Å². The number of aromatic nitrogens is 1. The van der Waals surface area contributed by atoms with Gasteiger partial charge in [-0.05, 0) is 19.1 Å². The molecule has 0 radical (unpaired) electrons. The van der Waals surface area contributed by atoms with E-state index in [4.69, 9.17) is 0 Å². The first-order valence-corrected chi connectivity index (χ1v) is 4.70. The monoisotopic (exact) mass is 195 g/mol. The topological polar surface area (TPSA) is 42.1 Å². The molecule has 0 aromatic carbocycles. The van der Waals surface area contributed by atoms with Gasteiger partial charge < -0.3 is 9.72 Å². The van der Waals surface area contributed by atoms with Gasteiger partial charge >= 0.3 is 5.97 Å². The van der Waals surface area contributed by atoms with E-state index in [1.807, 2.05) is 19.1 Å². The average molecular weight is 195 g/mol. The molecule has 0 aliphatic heterocycles. The Morgan fingerprint density at radius 1 is 1.54 bits per heavy atom. The number of aryl methyl sites for hydroxylation is 1. The summed E-state index contributed by atoms with van der Waals surface area (Å²) in [5.41, 5.74) is 1.52. The Morgan fingerprint density at radius 3 is 2.92 bits per heavy atom. The second-order valence-corrected chi connectivity index (χ2v) is 4.10. The Balaban J connectivity index is 2.51. The van der Waals surface area contributed by atoms with Crippen LogP contribution in [0.3, 0.4) is 0 Å². The summed E-state index contributed by atoms with van der Waals surface area (Å²) in [6.45, 7) is 2.04. The van der Waals surface area contributed by atoms with Crippen LogP contribution >= 0.6 is 11.3 Å². The molecular formula is C9H9NO2S. The Kier molecular flexibility index (Phi) is 1.84. The number of carbonyl (C=O) groups is 1. The zero-order valence-corrected chi connectivity index (χ0v) is 8.20. The summed E-state index contributed by atoms with van der Waals surface area (Å²) in [5, 5.41) is 0. The van der Waals surface area contributed by atoms with Gasteiger partial charge in [0, 0.05) is 4.88 Å². The maximum absolute atomic E-state index is 11.1. The summed E-state index contributed by atoms with van der Waals surface area (Å²) in [5.74, 6) is -0.318. The van der Waals surface area contributed by atoms with Crippen molar-refractivity contribution in [1.82, 2.24) is 4.98 Å². The lowest BCUT2D eigenvalue weighted by Crippen LogP contribution is -2.00. The zero-order chi connectivity index (χ0) is 9.42. The van der Waals surface area contributed by atoms with Crippen molar-refractivity contribution in [3.8, 4) is 0 Å². The number of esters is 1. The molecule has 1 N–H and O–H groups in total. The predicted octanol–water partition coefficient (Wildman–Crippen LogP) is 2.32. The molecule has 0 unspecified atom stereocenters. The molecule has 13 heavy (non-hydrogen) atoms. The minimum atomic E-state index is -0.318. The van der Waals surface area contributed by atoms with Gasteiger partial charge in [0.15, 0.2) is 0 Å². The maximum Gasteiger partial charge on any atom is 0.354 e. The first-order chi connectivity index (χ1) is 6.20. The van der Waals surface area contributed by atoms with E-state index in [9.17, 15) is 4.79 Å². The van der Waals surface area contributed by atoms with E-state index in [1.54, 1.807) is 11.3 Å². The summed E-state index contributed by atoms with van der Waals surface area (Å²) in [7, 11) is 1.38. The number of nitrogens with one attached hydrogen (secondary N) is 1. The van der Waals surface area contributed by atoms with E-state index >= 15 is 0 Å². The molecule has 4 heteroatoms. The van der Waals surface area contributed by atoms with Gasteiger partial charge in [-0.25, -0.2) is 4.79 Å². The number of ether oxygens (including phenoxy) is 1. The summed E-state index contributed by atoms with van der Waals surface area (Å²) in [4.78, 5) is 15.4. The molecule has 0 spiro atoms. The lowest BCUT2D eigenvalue weighted by Gasteiger charge is -1.92. The molecule has 0 amide bonds. The summed E-state index contributed by atoms with van der Waals surface area (Å²) in [6, 6.07) is 3.84. The third kappa shape index (κ3) is 1.33. The van der Waals surface area contributed by atoms with Crippen LogP contribution in [0.5, 0.6) is 0 Å². The molecule has 0 aliphatic carbocycles. The molecule has 0 atom stereocenters. The highest BCUT2D eigenvalue weighted by Crippen LogP contribution is 2.25. The van der Waals surface area contributed by atoms with Crippen LogP contribution in [0.2, 0.25) is 0 Å². The number of carbonyl (C=O) groups excluding carboxylic acids is 1. The van der Waals surface area contributed by atoms with E-state index in [0.717, 1.165) is 10.2 Å². The van der Waals surface area contributed by atoms with Gasteiger partial charge in [-0.2, -0.15) is 0 Å². The van der Waals surface area contributed by atoms with Crippen LogP contribution < -0.4 is 0 Å². The van der Waals surface area contributed by atoms with Crippen LogP contribution in [0.25, 0.3) is 10.2 Å². The second-order valence-electron chi connectivity index (χ2n) is 2.81. The zero-order valence-electron chi connectivity index (χ0n) is 7.38. The molecule has 2 rings (SSSR count). The first kappa shape index (κ1) is 8.31. The van der Waals surface area contributed by atoms with Gasteiger partial charge in [0.2, 0.25) is 0 Å². The van der Waals surface area contributed by atoms with Crippen molar-refractivity contribution in [3.05, 3.63) is 22.7 Å². The molecule has 0 saturated heterocycles. The smallest absolute Gasteiger partial charge is 0.354 e. The molecule has 2 aromatic heterocycles. The minimum Gasteiger partial charge on any atom is -0.464 e. The lowest BCUT2D eigenvalue weighted by molar-refractivity contribution is 0.0595. The highest BCUT2D eigenvalue weighted by Gasteiger charge is 2.10. The van der Waals surface area contributed by atoms with E-state index in [0.29, 0.717) is 5.69 Å². The molecule has 2 aromatic rings. The van der Waals surface area contributed by atoms with Gasteiger partial charge in [0.1, 0.15) is 5.69 Å². The van der Waals surface area contributed by atoms with Crippen LogP contribution in [0, 0.1) is 6.92 Å². The second kappa shape index (κ2) is 2.88. The maximum atomic E-state index is 11.1. The number of hydrogen-bond acceptors (Lipinski definition) is 3. The number of fused-ring (bicyclic) bond motifs is 1. The number of methoxy groups -OCH3 is 1. The van der Waals surface area contributed by atoms with Crippen molar-refractivity contribution in [3.63, 3.8) is 0 Å². The summed E-state index contributed by atoms with van der Waals surface area (Å²) >= 11 is 1.66. The Hall–Kier alpha value is -1.29. The van der Waals surface area contributed by atoms with Crippen molar-refractivity contribution in [2.45, 2.75) is 6.92 Å². The summed E-state index contributed by atoms with van der Waals surface area (Å²) in [6.07, 6.45) is 0. The number of hydrogen-bond donors (Lipinski definition) is 1. The SMILES string of the molecule is COC(=O)c1cc2sc(C)cc2[nH]1. The lowest BCUT2D eigenvalue weighted by atomic mass is 10.4. The molecule has 0 fully saturated rings. The highest BCUT2D eigenvalue weighted by molar-refractivity contribution is 7.19. The molecular weight excluding hydrogens is 186 g/mol. The quantitative estimate of drug-likeness (QED) is 0.709. The number of rotatable bonds is 1. The number of aromatic amines is 1. The molecule has 2 heterocycles. The van der Waals surface area contributed by atoms with Crippen LogP contribution in [-0.4, -0.2) is 18.1 Å². The molecule has 0 bridgehead atoms. The fourth-order valence-electron chi connectivity index (χ4n) is 1.27. The van der Waals surface area contributed by atoms with Crippen molar-refractivity contribution < 1.29 is 9.53 Å². The van der Waals surface area contributed by atoms with Gasteiger partial charge in [0.05, 0.1) is 17.3 Å². The standard InChI is InChI=1S/C9H9NO2S/c1-5-3-6-8(13-5)4-7(10-6)9(11)12-2/h3-4,10H,1-2H3. The highest BCUT2D eigenvalue weighted by atomic mass is 32.1. The van der Waals surface area contributed by atoms with Gasteiger partial charge in [-0.15, -0.1) is 11.3 Å². The first-order valence-electron chi connectivity index (χ1n) is 3.88. The van der Waals surface area contributed by atoms with Crippen LogP contribution in [0.1, 0.15) is 15.4 Å². The third-order valence-corrected chi connectivity index (χ3v) is 2.83.